The molecule has 0 aliphatic carbocycles. The van der Waals surface area contributed by atoms with E-state index in [9.17, 15) is 4.79 Å². The minimum atomic E-state index is -0.280. The van der Waals surface area contributed by atoms with E-state index < -0.39 is 0 Å². The number of benzene rings is 1. The minimum absolute atomic E-state index is 0.280. The molecule has 0 heterocycles. The first-order chi connectivity index (χ1) is 7.77. The average Bonchev–Trinajstić information content (AvgIpc) is 2.34. The molecular weight excluding hydrogens is 200 g/mol. The van der Waals surface area contributed by atoms with Gasteiger partial charge in [0.2, 0.25) is 0 Å². The zero-order valence-electron chi connectivity index (χ0n) is 9.23. The predicted molar refractivity (Wildman–Crippen MR) is 64.4 cm³/mol. The Morgan fingerprint density at radius 1 is 1.38 bits per heavy atom. The maximum Gasteiger partial charge on any atom is 0.298 e. The van der Waals surface area contributed by atoms with Gasteiger partial charge in [-0.05, 0) is 24.4 Å². The lowest BCUT2D eigenvalue weighted by Gasteiger charge is -2.19. The van der Waals surface area contributed by atoms with Crippen LogP contribution in [0.3, 0.4) is 0 Å². The SMILES string of the molecule is C#CC(=O)N(CCCN)Cc1ccccc1. The van der Waals surface area contributed by atoms with Crippen molar-refractivity contribution in [2.45, 2.75) is 13.0 Å². The van der Waals surface area contributed by atoms with Gasteiger partial charge < -0.3 is 10.6 Å². The molecule has 0 aliphatic rings. The van der Waals surface area contributed by atoms with Gasteiger partial charge in [-0.15, -0.1) is 6.42 Å². The molecule has 2 N–H and O–H groups in total. The molecule has 0 fully saturated rings. The Morgan fingerprint density at radius 3 is 2.62 bits per heavy atom. The quantitative estimate of drug-likeness (QED) is 0.746. The van der Waals surface area contributed by atoms with E-state index in [4.69, 9.17) is 12.2 Å². The molecule has 1 amide bonds. The highest BCUT2D eigenvalue weighted by molar-refractivity contribution is 5.92. The first-order valence-corrected chi connectivity index (χ1v) is 5.27. The van der Waals surface area contributed by atoms with Gasteiger partial charge >= 0.3 is 0 Å². The van der Waals surface area contributed by atoms with Crippen LogP contribution in [0.15, 0.2) is 30.3 Å². The molecule has 1 rings (SSSR count). The van der Waals surface area contributed by atoms with E-state index in [1.54, 1.807) is 4.90 Å². The van der Waals surface area contributed by atoms with Gasteiger partial charge in [0.1, 0.15) is 0 Å². The summed E-state index contributed by atoms with van der Waals surface area (Å²) in [5, 5.41) is 0. The molecule has 0 saturated carbocycles. The summed E-state index contributed by atoms with van der Waals surface area (Å²) >= 11 is 0. The van der Waals surface area contributed by atoms with E-state index in [-0.39, 0.29) is 5.91 Å². The van der Waals surface area contributed by atoms with Gasteiger partial charge in [-0.2, -0.15) is 0 Å². The van der Waals surface area contributed by atoms with Crippen LogP contribution in [0.2, 0.25) is 0 Å². The van der Waals surface area contributed by atoms with Crippen molar-refractivity contribution in [1.29, 1.82) is 0 Å². The summed E-state index contributed by atoms with van der Waals surface area (Å²) in [5.74, 6) is 1.86. The fourth-order valence-electron chi connectivity index (χ4n) is 1.43. The van der Waals surface area contributed by atoms with Gasteiger partial charge in [0.15, 0.2) is 0 Å². The van der Waals surface area contributed by atoms with E-state index in [1.807, 2.05) is 30.3 Å². The Morgan fingerprint density at radius 2 is 2.06 bits per heavy atom. The van der Waals surface area contributed by atoms with Gasteiger partial charge in [0.25, 0.3) is 5.91 Å². The molecular formula is C13H16N2O. The van der Waals surface area contributed by atoms with Crippen molar-refractivity contribution >= 4 is 5.91 Å². The van der Waals surface area contributed by atoms with Gasteiger partial charge in [0.05, 0.1) is 0 Å². The lowest BCUT2D eigenvalue weighted by atomic mass is 10.2. The standard InChI is InChI=1S/C13H16N2O/c1-2-13(16)15(10-6-9-14)11-12-7-4-3-5-8-12/h1,3-5,7-8H,6,9-11,14H2. The number of hydrogen-bond acceptors (Lipinski definition) is 2. The maximum absolute atomic E-state index is 11.5. The molecule has 1 aromatic carbocycles. The van der Waals surface area contributed by atoms with Crippen LogP contribution in [-0.4, -0.2) is 23.9 Å². The van der Waals surface area contributed by atoms with E-state index in [1.165, 1.54) is 0 Å². The zero-order valence-corrected chi connectivity index (χ0v) is 9.23. The third kappa shape index (κ3) is 3.76. The topological polar surface area (TPSA) is 46.3 Å². The summed E-state index contributed by atoms with van der Waals surface area (Å²) in [5.41, 5.74) is 6.49. The summed E-state index contributed by atoms with van der Waals surface area (Å²) < 4.78 is 0. The summed E-state index contributed by atoms with van der Waals surface area (Å²) in [4.78, 5) is 13.1. The van der Waals surface area contributed by atoms with Crippen LogP contribution in [0.5, 0.6) is 0 Å². The number of nitrogens with two attached hydrogens (primary N) is 1. The molecule has 0 unspecified atom stereocenters. The Kier molecular flexibility index (Phi) is 5.10. The number of hydrogen-bond donors (Lipinski definition) is 1. The Balaban J connectivity index is 2.64. The molecule has 0 atom stereocenters. The fraction of sp³-hybridized carbons (Fsp3) is 0.308. The van der Waals surface area contributed by atoms with Crippen molar-refractivity contribution in [3.8, 4) is 12.3 Å². The highest BCUT2D eigenvalue weighted by atomic mass is 16.2. The molecule has 0 spiro atoms. The van der Waals surface area contributed by atoms with Crippen LogP contribution in [0, 0.1) is 12.3 Å². The average molecular weight is 216 g/mol. The largest absolute Gasteiger partial charge is 0.330 e. The minimum Gasteiger partial charge on any atom is -0.330 e. The molecule has 0 bridgehead atoms. The second-order valence-electron chi connectivity index (χ2n) is 3.50. The van der Waals surface area contributed by atoms with Crippen LogP contribution in [0.1, 0.15) is 12.0 Å². The Bertz CT molecular complexity index is 367. The van der Waals surface area contributed by atoms with Gasteiger partial charge in [-0.25, -0.2) is 0 Å². The van der Waals surface area contributed by atoms with Gasteiger partial charge in [0, 0.05) is 13.1 Å². The monoisotopic (exact) mass is 216 g/mol. The van der Waals surface area contributed by atoms with Gasteiger partial charge in [-0.1, -0.05) is 30.3 Å². The van der Waals surface area contributed by atoms with Crippen LogP contribution >= 0.6 is 0 Å². The normalized spacial score (nSPS) is 9.50. The summed E-state index contributed by atoms with van der Waals surface area (Å²) in [6.45, 7) is 1.71. The first kappa shape index (κ1) is 12.3. The molecule has 1 aromatic rings. The highest BCUT2D eigenvalue weighted by Gasteiger charge is 2.10. The second kappa shape index (κ2) is 6.65. The fourth-order valence-corrected chi connectivity index (χ4v) is 1.43. The molecule has 0 radical (unpaired) electrons. The number of amides is 1. The molecule has 3 heteroatoms. The van der Waals surface area contributed by atoms with Gasteiger partial charge in [-0.3, -0.25) is 4.79 Å². The van der Waals surface area contributed by atoms with Crippen LogP contribution in [0.4, 0.5) is 0 Å². The predicted octanol–water partition coefficient (Wildman–Crippen LogP) is 0.997. The van der Waals surface area contributed by atoms with Crippen LogP contribution in [-0.2, 0) is 11.3 Å². The lowest BCUT2D eigenvalue weighted by Crippen LogP contribution is -2.31. The number of nitrogens with zero attached hydrogens (tertiary/aromatic N) is 1. The summed E-state index contributed by atoms with van der Waals surface area (Å²) in [7, 11) is 0. The molecule has 0 aromatic heterocycles. The first-order valence-electron chi connectivity index (χ1n) is 5.27. The van der Waals surface area contributed by atoms with Crippen LogP contribution < -0.4 is 5.73 Å². The molecule has 3 nitrogen and oxygen atoms in total. The van der Waals surface area contributed by atoms with E-state index in [0.29, 0.717) is 19.6 Å². The van der Waals surface area contributed by atoms with Crippen molar-refractivity contribution in [2.24, 2.45) is 5.73 Å². The number of terminal acetylenes is 1. The van der Waals surface area contributed by atoms with Crippen molar-refractivity contribution in [3.63, 3.8) is 0 Å². The third-order valence-corrected chi connectivity index (χ3v) is 2.26. The molecule has 0 saturated heterocycles. The Hall–Kier alpha value is -1.79. The summed E-state index contributed by atoms with van der Waals surface area (Å²) in [6.07, 6.45) is 5.89. The lowest BCUT2D eigenvalue weighted by molar-refractivity contribution is -0.125. The van der Waals surface area contributed by atoms with E-state index in [0.717, 1.165) is 12.0 Å². The molecule has 84 valence electrons. The van der Waals surface area contributed by atoms with Crippen molar-refractivity contribution in [1.82, 2.24) is 4.90 Å². The van der Waals surface area contributed by atoms with Crippen molar-refractivity contribution < 1.29 is 4.79 Å². The molecule has 16 heavy (non-hydrogen) atoms. The smallest absolute Gasteiger partial charge is 0.298 e. The Labute approximate surface area is 96.2 Å². The number of carbonyl (C=O) groups excluding carboxylic acids is 1. The zero-order chi connectivity index (χ0) is 11.8. The third-order valence-electron chi connectivity index (χ3n) is 2.26. The number of rotatable bonds is 5. The van der Waals surface area contributed by atoms with Crippen molar-refractivity contribution in [3.05, 3.63) is 35.9 Å². The van der Waals surface area contributed by atoms with E-state index >= 15 is 0 Å². The number of carbonyl (C=O) groups is 1. The van der Waals surface area contributed by atoms with Crippen molar-refractivity contribution in [2.75, 3.05) is 13.1 Å². The van der Waals surface area contributed by atoms with E-state index in [2.05, 4.69) is 5.92 Å². The maximum atomic E-state index is 11.5. The highest BCUT2D eigenvalue weighted by Crippen LogP contribution is 2.05. The second-order valence-corrected chi connectivity index (χ2v) is 3.50. The van der Waals surface area contributed by atoms with Crippen LogP contribution in [0.25, 0.3) is 0 Å². The molecule has 0 aliphatic heterocycles. The summed E-state index contributed by atoms with van der Waals surface area (Å²) in [6, 6.07) is 9.77.